The number of aromatic nitrogens is 3. The van der Waals surface area contributed by atoms with Crippen LogP contribution >= 0.6 is 0 Å². The zero-order valence-electron chi connectivity index (χ0n) is 13.8. The molecule has 4 aromatic rings. The van der Waals surface area contributed by atoms with Crippen molar-refractivity contribution in [3.8, 4) is 11.5 Å². The summed E-state index contributed by atoms with van der Waals surface area (Å²) < 4.78 is 17.3. The van der Waals surface area contributed by atoms with Crippen molar-refractivity contribution < 1.29 is 13.9 Å². The molecule has 0 spiro atoms. The highest BCUT2D eigenvalue weighted by Crippen LogP contribution is 2.35. The maximum Gasteiger partial charge on any atom is 0.315 e. The Morgan fingerprint density at radius 2 is 1.96 bits per heavy atom. The van der Waals surface area contributed by atoms with Gasteiger partial charge in [-0.25, -0.2) is 0 Å². The van der Waals surface area contributed by atoms with Crippen LogP contribution in [0.15, 0.2) is 59.1 Å². The molecule has 130 valence electrons. The standard InChI is InChI=1S/C19H16N4O3/c1-2-7-16-15(6-1)24-11-17(25-16)18-22-23-19(26-18)21-10-12-4-3-5-14-13(12)8-9-20-14/h1-9,17,20H,10-11H2,(H,21,23). The molecule has 2 aromatic carbocycles. The molecular weight excluding hydrogens is 332 g/mol. The van der Waals surface area contributed by atoms with Gasteiger partial charge in [0, 0.05) is 23.6 Å². The Morgan fingerprint density at radius 1 is 1.04 bits per heavy atom. The summed E-state index contributed by atoms with van der Waals surface area (Å²) in [7, 11) is 0. The SMILES string of the molecule is c1ccc2c(c1)OCC(c1nnc(NCc3cccc4[nH]ccc34)o1)O2. The van der Waals surface area contributed by atoms with Gasteiger partial charge in [-0.15, -0.1) is 5.10 Å². The van der Waals surface area contributed by atoms with Crippen LogP contribution in [0.3, 0.4) is 0 Å². The van der Waals surface area contributed by atoms with Crippen LogP contribution in [-0.4, -0.2) is 21.8 Å². The van der Waals surface area contributed by atoms with E-state index in [1.807, 2.05) is 42.6 Å². The molecule has 3 heterocycles. The van der Waals surface area contributed by atoms with E-state index in [-0.39, 0.29) is 0 Å². The molecule has 2 aromatic heterocycles. The van der Waals surface area contributed by atoms with Crippen molar-refractivity contribution in [2.24, 2.45) is 0 Å². The number of hydrogen-bond donors (Lipinski definition) is 2. The summed E-state index contributed by atoms with van der Waals surface area (Å²) in [6, 6.07) is 16.1. The fourth-order valence-electron chi connectivity index (χ4n) is 3.05. The van der Waals surface area contributed by atoms with Crippen LogP contribution in [0.4, 0.5) is 6.01 Å². The minimum atomic E-state index is -0.416. The normalized spacial score (nSPS) is 15.9. The molecule has 0 aliphatic carbocycles. The number of nitrogens with one attached hydrogen (secondary N) is 2. The van der Waals surface area contributed by atoms with Crippen LogP contribution < -0.4 is 14.8 Å². The van der Waals surface area contributed by atoms with Gasteiger partial charge < -0.3 is 24.2 Å². The Kier molecular flexibility index (Phi) is 3.48. The Hall–Kier alpha value is -3.48. The third kappa shape index (κ3) is 2.63. The van der Waals surface area contributed by atoms with Gasteiger partial charge in [0.05, 0.1) is 0 Å². The minimum Gasteiger partial charge on any atom is -0.485 e. The average Bonchev–Trinajstić information content (AvgIpc) is 3.35. The molecule has 0 saturated carbocycles. The maximum atomic E-state index is 5.89. The molecule has 0 bridgehead atoms. The van der Waals surface area contributed by atoms with Crippen molar-refractivity contribution in [1.82, 2.24) is 15.2 Å². The van der Waals surface area contributed by atoms with E-state index >= 15 is 0 Å². The summed E-state index contributed by atoms with van der Waals surface area (Å²) in [4.78, 5) is 3.20. The van der Waals surface area contributed by atoms with Crippen LogP contribution in [0.25, 0.3) is 10.9 Å². The lowest BCUT2D eigenvalue weighted by atomic mass is 10.1. The van der Waals surface area contributed by atoms with Crippen molar-refractivity contribution in [1.29, 1.82) is 0 Å². The number of H-pyrrole nitrogens is 1. The maximum absolute atomic E-state index is 5.89. The number of aromatic amines is 1. The third-order valence-corrected chi connectivity index (χ3v) is 4.34. The molecule has 7 heteroatoms. The smallest absolute Gasteiger partial charge is 0.315 e. The van der Waals surface area contributed by atoms with E-state index in [1.165, 1.54) is 5.39 Å². The molecule has 5 rings (SSSR count). The molecule has 0 fully saturated rings. The molecule has 1 aliphatic heterocycles. The first-order valence-electron chi connectivity index (χ1n) is 8.37. The highest BCUT2D eigenvalue weighted by Gasteiger charge is 2.27. The van der Waals surface area contributed by atoms with Crippen molar-refractivity contribution in [2.45, 2.75) is 12.6 Å². The van der Waals surface area contributed by atoms with Gasteiger partial charge in [-0.05, 0) is 29.8 Å². The summed E-state index contributed by atoms with van der Waals surface area (Å²) in [5.74, 6) is 1.79. The van der Waals surface area contributed by atoms with Crippen molar-refractivity contribution in [2.75, 3.05) is 11.9 Å². The highest BCUT2D eigenvalue weighted by molar-refractivity contribution is 5.83. The first kappa shape index (κ1) is 14.8. The van der Waals surface area contributed by atoms with E-state index in [4.69, 9.17) is 13.9 Å². The van der Waals surface area contributed by atoms with Crippen LogP contribution in [0.1, 0.15) is 17.6 Å². The summed E-state index contributed by atoms with van der Waals surface area (Å²) in [6.45, 7) is 0.920. The van der Waals surface area contributed by atoms with E-state index in [0.717, 1.165) is 16.8 Å². The van der Waals surface area contributed by atoms with Crippen molar-refractivity contribution in [3.05, 3.63) is 66.2 Å². The van der Waals surface area contributed by atoms with E-state index in [9.17, 15) is 0 Å². The number of ether oxygens (including phenoxy) is 2. The molecule has 1 unspecified atom stereocenters. The van der Waals surface area contributed by atoms with E-state index in [1.54, 1.807) is 0 Å². The molecule has 26 heavy (non-hydrogen) atoms. The average molecular weight is 348 g/mol. The van der Waals surface area contributed by atoms with Gasteiger partial charge >= 0.3 is 6.01 Å². The number of para-hydroxylation sites is 2. The summed E-state index contributed by atoms with van der Waals surface area (Å²) in [6.07, 6.45) is 1.51. The molecule has 7 nitrogen and oxygen atoms in total. The number of benzene rings is 2. The second-order valence-corrected chi connectivity index (χ2v) is 6.02. The third-order valence-electron chi connectivity index (χ3n) is 4.34. The first-order valence-corrected chi connectivity index (χ1v) is 8.37. The van der Waals surface area contributed by atoms with Gasteiger partial charge in [0.25, 0.3) is 5.89 Å². The molecule has 1 aliphatic rings. The quantitative estimate of drug-likeness (QED) is 0.585. The predicted molar refractivity (Wildman–Crippen MR) is 95.2 cm³/mol. The van der Waals surface area contributed by atoms with Crippen molar-refractivity contribution in [3.63, 3.8) is 0 Å². The fourth-order valence-corrected chi connectivity index (χ4v) is 3.05. The van der Waals surface area contributed by atoms with Gasteiger partial charge in [-0.1, -0.05) is 29.4 Å². The molecular formula is C19H16N4O3. The zero-order chi connectivity index (χ0) is 17.3. The van der Waals surface area contributed by atoms with Crippen LogP contribution in [0, 0.1) is 0 Å². The second kappa shape index (κ2) is 6.11. The van der Waals surface area contributed by atoms with E-state index in [2.05, 4.69) is 32.6 Å². The summed E-state index contributed by atoms with van der Waals surface area (Å²) in [5.41, 5.74) is 2.25. The Morgan fingerprint density at radius 3 is 2.92 bits per heavy atom. The number of fused-ring (bicyclic) bond motifs is 2. The fraction of sp³-hybridized carbons (Fsp3) is 0.158. The monoisotopic (exact) mass is 348 g/mol. The Balaban J connectivity index is 1.29. The van der Waals surface area contributed by atoms with Gasteiger partial charge in [-0.3, -0.25) is 0 Å². The molecule has 2 N–H and O–H groups in total. The van der Waals surface area contributed by atoms with Gasteiger partial charge in [-0.2, -0.15) is 0 Å². The molecule has 1 atom stereocenters. The number of anilines is 1. The number of nitrogens with zero attached hydrogens (tertiary/aromatic N) is 2. The highest BCUT2D eigenvalue weighted by atomic mass is 16.6. The van der Waals surface area contributed by atoms with Gasteiger partial charge in [0.1, 0.15) is 6.61 Å². The van der Waals surface area contributed by atoms with Crippen molar-refractivity contribution >= 4 is 16.9 Å². The Bertz CT molecular complexity index is 1060. The first-order chi connectivity index (χ1) is 12.9. The van der Waals surface area contributed by atoms with E-state index in [0.29, 0.717) is 30.8 Å². The topological polar surface area (TPSA) is 85.2 Å². The zero-order valence-corrected chi connectivity index (χ0v) is 13.8. The van der Waals surface area contributed by atoms with E-state index < -0.39 is 6.10 Å². The minimum absolute atomic E-state index is 0.335. The van der Waals surface area contributed by atoms with Crippen LogP contribution in [0.5, 0.6) is 11.5 Å². The lowest BCUT2D eigenvalue weighted by Crippen LogP contribution is -2.21. The van der Waals surface area contributed by atoms with Crippen LogP contribution in [-0.2, 0) is 6.54 Å². The number of hydrogen-bond acceptors (Lipinski definition) is 6. The predicted octanol–water partition coefficient (Wildman–Crippen LogP) is 3.68. The second-order valence-electron chi connectivity index (χ2n) is 6.02. The van der Waals surface area contributed by atoms with Crippen LogP contribution in [0.2, 0.25) is 0 Å². The lowest BCUT2D eigenvalue weighted by Gasteiger charge is -2.23. The summed E-state index contributed by atoms with van der Waals surface area (Å²) in [5, 5.41) is 12.5. The Labute approximate surface area is 149 Å². The number of rotatable bonds is 4. The molecule has 0 amide bonds. The lowest BCUT2D eigenvalue weighted by molar-refractivity contribution is 0.0717. The molecule has 0 radical (unpaired) electrons. The van der Waals surface area contributed by atoms with Gasteiger partial charge in [0.2, 0.25) is 6.10 Å². The van der Waals surface area contributed by atoms with Gasteiger partial charge in [0.15, 0.2) is 11.5 Å². The summed E-state index contributed by atoms with van der Waals surface area (Å²) >= 11 is 0. The largest absolute Gasteiger partial charge is 0.485 e. The molecule has 0 saturated heterocycles.